The summed E-state index contributed by atoms with van der Waals surface area (Å²) in [7, 11) is 0. The molecular weight excluding hydrogens is 1020 g/mol. The molecule has 0 amide bonds. The minimum absolute atomic E-state index is 0.00207. The zero-order chi connectivity index (χ0) is 47.1. The van der Waals surface area contributed by atoms with Crippen molar-refractivity contribution in [2.75, 3.05) is 6.61 Å². The van der Waals surface area contributed by atoms with Gasteiger partial charge in [-0.25, -0.2) is 0 Å². The van der Waals surface area contributed by atoms with Gasteiger partial charge in [-0.1, -0.05) is 34.6 Å². The van der Waals surface area contributed by atoms with Crippen LogP contribution in [0.15, 0.2) is 170 Å². The zero-order valence-electron chi connectivity index (χ0n) is 40.0. The topological polar surface area (TPSA) is 46.1 Å². The van der Waals surface area contributed by atoms with Gasteiger partial charge in [-0.15, -0.1) is 0 Å². The number of para-hydroxylation sites is 2. The molecule has 6 nitrogen and oxygen atoms in total. The number of fused-ring (bicyclic) bond motifs is 5. The molecule has 0 saturated heterocycles. The third-order valence-electron chi connectivity index (χ3n) is 13.8. The molecule has 0 saturated carbocycles. The Balaban J connectivity index is 1.07. The molecule has 7 aromatic carbocycles. The van der Waals surface area contributed by atoms with Crippen molar-refractivity contribution in [3.63, 3.8) is 0 Å². The quantitative estimate of drug-likeness (QED) is 0.160. The first-order chi connectivity index (χ1) is 32.6. The van der Waals surface area contributed by atoms with Crippen molar-refractivity contribution < 1.29 is 28.8 Å². The van der Waals surface area contributed by atoms with E-state index < -0.39 is 0 Å². The van der Waals surface area contributed by atoms with Gasteiger partial charge in [0.05, 0.1) is 6.61 Å². The number of pyridine rings is 1. The van der Waals surface area contributed by atoms with Gasteiger partial charge in [0.15, 0.2) is 0 Å². The molecule has 0 N–H and O–H groups in total. The monoisotopic (exact) mass is 1070 g/mol. The Labute approximate surface area is 409 Å². The fourth-order valence-corrected chi connectivity index (χ4v) is 11.0. The molecule has 0 spiro atoms. The number of benzene rings is 7. The van der Waals surface area contributed by atoms with E-state index in [2.05, 4.69) is 246 Å². The zero-order valence-corrected chi connectivity index (χ0v) is 42.3. The summed E-state index contributed by atoms with van der Waals surface area (Å²) in [5.41, 5.74) is 14.8. The molecule has 3 aromatic heterocycles. The van der Waals surface area contributed by atoms with Crippen LogP contribution in [0.4, 0.5) is 0 Å². The minimum Gasteiger partial charge on any atom is -0.493 e. The van der Waals surface area contributed by atoms with Gasteiger partial charge in [0.25, 0.3) is 0 Å². The molecule has 1 aliphatic heterocycles. The molecule has 0 atom stereocenters. The number of nitrogens with zero attached hydrogens (tertiary/aromatic N) is 4. The van der Waals surface area contributed by atoms with Gasteiger partial charge < -0.3 is 4.74 Å². The SMILES string of the molecule is CC(C)(C)c1ccnc(-n2c3cc(Oc4cccc(-n5[c](=[Pt])n(-c6c(-c7ccccc7)cc(C(C)(C)C)cc6-c6ccccc6)c6ccccc65)c4)ccc3c3cc4c(cc32)OCCC4(C)C)c1. The summed E-state index contributed by atoms with van der Waals surface area (Å²) in [6, 6.07) is 59.0. The number of rotatable bonds is 7. The van der Waals surface area contributed by atoms with Crippen LogP contribution < -0.4 is 9.47 Å². The first-order valence-corrected chi connectivity index (χ1v) is 24.8. The van der Waals surface area contributed by atoms with Gasteiger partial charge >= 0.3 is 320 Å². The molecule has 11 rings (SSSR count). The smallest absolute Gasteiger partial charge is 0.493 e. The summed E-state index contributed by atoms with van der Waals surface area (Å²) in [6.07, 6.45) is 2.90. The van der Waals surface area contributed by atoms with Crippen LogP contribution in [0.5, 0.6) is 17.2 Å². The second-order valence-corrected chi connectivity index (χ2v) is 21.9. The second-order valence-electron chi connectivity index (χ2n) is 20.9. The van der Waals surface area contributed by atoms with Crippen molar-refractivity contribution in [3.8, 4) is 56.7 Å². The number of imidazole rings is 1. The molecular formula is C61H56N4O2Pt. The van der Waals surface area contributed by atoms with Gasteiger partial charge in [0, 0.05) is 11.8 Å². The number of ether oxygens (including phenoxy) is 2. The van der Waals surface area contributed by atoms with Crippen LogP contribution in [-0.2, 0) is 35.6 Å². The van der Waals surface area contributed by atoms with Crippen LogP contribution in [0.3, 0.4) is 0 Å². The molecule has 4 heterocycles. The van der Waals surface area contributed by atoms with Crippen molar-refractivity contribution in [1.82, 2.24) is 18.7 Å². The van der Waals surface area contributed by atoms with Gasteiger partial charge in [-0.05, 0) is 28.9 Å². The van der Waals surface area contributed by atoms with E-state index in [0.29, 0.717) is 6.61 Å². The van der Waals surface area contributed by atoms with Crippen LogP contribution in [0.1, 0.15) is 78.5 Å². The summed E-state index contributed by atoms with van der Waals surface area (Å²) in [4.78, 5) is 4.99. The average Bonchev–Trinajstić information content (AvgIpc) is 3.80. The van der Waals surface area contributed by atoms with Gasteiger partial charge in [-0.2, -0.15) is 0 Å². The summed E-state index contributed by atoms with van der Waals surface area (Å²) in [5, 5.41) is 2.32. The van der Waals surface area contributed by atoms with Crippen molar-refractivity contribution in [2.45, 2.75) is 78.1 Å². The fraction of sp³-hybridized carbons (Fsp3) is 0.213. The van der Waals surface area contributed by atoms with Crippen LogP contribution in [0.25, 0.3) is 72.3 Å². The third-order valence-corrected chi connectivity index (χ3v) is 14.8. The van der Waals surface area contributed by atoms with Crippen molar-refractivity contribution >= 4 is 32.8 Å². The number of aromatic nitrogens is 4. The van der Waals surface area contributed by atoms with E-state index in [9.17, 15) is 0 Å². The van der Waals surface area contributed by atoms with E-state index >= 15 is 0 Å². The molecule has 10 aromatic rings. The summed E-state index contributed by atoms with van der Waals surface area (Å²) in [5.74, 6) is 3.30. The molecule has 0 aliphatic carbocycles. The number of hydrogen-bond donors (Lipinski definition) is 0. The Morgan fingerprint density at radius 2 is 1.18 bits per heavy atom. The maximum atomic E-state index is 6.91. The molecule has 1 aliphatic rings. The standard InChI is InChI=1S/C61H56N4O2.Pt/c1-59(2,3)42-28-30-62-57(34-42)65-54-36-46(26-27-47(54)50-37-51-56(38-55(50)65)66-31-29-61(51,7)8)67-45-23-17-22-44(35-45)63-39-64(53-25-16-15-24-52(53)63)58-48(40-18-11-9-12-19-40)32-43(60(4,5)6)33-49(58)41-20-13-10-14-21-41;/h9-28,30,32-38H,29,31H2,1-8H3;. The first kappa shape index (κ1) is 43.8. The van der Waals surface area contributed by atoms with Crippen molar-refractivity contribution in [3.05, 3.63) is 190 Å². The molecule has 342 valence electrons. The minimum atomic E-state index is -0.0705. The summed E-state index contributed by atoms with van der Waals surface area (Å²) >= 11 is 2.53. The Morgan fingerprint density at radius 3 is 1.84 bits per heavy atom. The van der Waals surface area contributed by atoms with Gasteiger partial charge in [-0.3, -0.25) is 0 Å². The average molecular weight is 1070 g/mol. The molecule has 0 radical (unpaired) electrons. The van der Waals surface area contributed by atoms with Crippen LogP contribution in [-0.4, -0.2) is 25.3 Å². The normalized spacial score (nSPS) is 13.8. The van der Waals surface area contributed by atoms with Crippen molar-refractivity contribution in [2.24, 2.45) is 0 Å². The Morgan fingerprint density at radius 1 is 0.559 bits per heavy atom. The van der Waals surface area contributed by atoms with Gasteiger partial charge in [0.2, 0.25) is 0 Å². The van der Waals surface area contributed by atoms with E-state index in [1.807, 2.05) is 12.3 Å². The third kappa shape index (κ3) is 7.64. The molecule has 68 heavy (non-hydrogen) atoms. The predicted molar refractivity (Wildman–Crippen MR) is 276 cm³/mol. The molecule has 0 bridgehead atoms. The first-order valence-electron chi connectivity index (χ1n) is 23.6. The van der Waals surface area contributed by atoms with E-state index in [-0.39, 0.29) is 16.2 Å². The summed E-state index contributed by atoms with van der Waals surface area (Å²) in [6.45, 7) is 19.0. The van der Waals surface area contributed by atoms with Crippen LogP contribution >= 0.6 is 0 Å². The summed E-state index contributed by atoms with van der Waals surface area (Å²) < 4.78 is 21.4. The Bertz CT molecular complexity index is 3580. The Kier molecular flexibility index (Phi) is 10.6. The molecule has 0 fully saturated rings. The van der Waals surface area contributed by atoms with Crippen LogP contribution in [0, 0.1) is 3.80 Å². The van der Waals surface area contributed by atoms with E-state index in [1.54, 1.807) is 0 Å². The van der Waals surface area contributed by atoms with E-state index in [4.69, 9.17) is 14.5 Å². The van der Waals surface area contributed by atoms with E-state index in [0.717, 1.165) is 72.1 Å². The van der Waals surface area contributed by atoms with Gasteiger partial charge in [0.1, 0.15) is 5.75 Å². The number of hydrogen-bond acceptors (Lipinski definition) is 3. The van der Waals surface area contributed by atoms with Crippen LogP contribution in [0.2, 0.25) is 0 Å². The van der Waals surface area contributed by atoms with Crippen molar-refractivity contribution in [1.29, 1.82) is 0 Å². The molecule has 0 unspecified atom stereocenters. The second kappa shape index (κ2) is 16.5. The predicted octanol–water partition coefficient (Wildman–Crippen LogP) is 15.8. The fourth-order valence-electron chi connectivity index (χ4n) is 9.92. The van der Waals surface area contributed by atoms with E-state index in [1.165, 1.54) is 44.3 Å². The molecule has 7 heteroatoms. The maximum absolute atomic E-state index is 6.91. The Hall–Kier alpha value is -6.75.